The second-order valence-corrected chi connectivity index (χ2v) is 3.73. The van der Waals surface area contributed by atoms with Gasteiger partial charge >= 0.3 is 0 Å². The van der Waals surface area contributed by atoms with Crippen LogP contribution in [0, 0.1) is 0 Å². The highest BCUT2D eigenvalue weighted by molar-refractivity contribution is 5.35. The molecule has 12 heavy (non-hydrogen) atoms. The number of hydrogen-bond donors (Lipinski definition) is 1. The minimum atomic E-state index is 0.644. The summed E-state index contributed by atoms with van der Waals surface area (Å²) in [4.78, 5) is 0. The zero-order chi connectivity index (χ0) is 8.39. The van der Waals surface area contributed by atoms with Crippen molar-refractivity contribution in [3.8, 4) is 0 Å². The van der Waals surface area contributed by atoms with Gasteiger partial charge in [-0.05, 0) is 44.7 Å². The Hall–Kier alpha value is -0.560. The molecule has 0 aromatic heterocycles. The lowest BCUT2D eigenvalue weighted by molar-refractivity contribution is 0.523. The Morgan fingerprint density at radius 2 is 2.33 bits per heavy atom. The second kappa shape index (κ2) is 3.44. The predicted molar refractivity (Wildman–Crippen MR) is 52.1 cm³/mol. The summed E-state index contributed by atoms with van der Waals surface area (Å²) in [6.45, 7) is 0. The van der Waals surface area contributed by atoms with E-state index < -0.39 is 0 Å². The molecule has 2 aliphatic carbocycles. The van der Waals surface area contributed by atoms with Gasteiger partial charge in [0.15, 0.2) is 0 Å². The van der Waals surface area contributed by atoms with E-state index >= 15 is 0 Å². The molecule has 0 heterocycles. The van der Waals surface area contributed by atoms with Crippen molar-refractivity contribution in [1.82, 2.24) is 5.32 Å². The maximum Gasteiger partial charge on any atom is 0.0317 e. The van der Waals surface area contributed by atoms with Crippen molar-refractivity contribution in [2.24, 2.45) is 0 Å². The van der Waals surface area contributed by atoms with Gasteiger partial charge in [-0.1, -0.05) is 17.7 Å². The number of rotatable bonds is 1. The van der Waals surface area contributed by atoms with Gasteiger partial charge in [-0.25, -0.2) is 0 Å². The summed E-state index contributed by atoms with van der Waals surface area (Å²) >= 11 is 0. The molecule has 2 rings (SSSR count). The van der Waals surface area contributed by atoms with Crippen LogP contribution in [-0.4, -0.2) is 13.1 Å². The number of allylic oxidation sites excluding steroid dienone is 2. The third-order valence-corrected chi connectivity index (χ3v) is 3.01. The van der Waals surface area contributed by atoms with Gasteiger partial charge in [0.25, 0.3) is 0 Å². The monoisotopic (exact) mass is 163 g/mol. The second-order valence-electron chi connectivity index (χ2n) is 3.73. The zero-order valence-corrected chi connectivity index (χ0v) is 7.77. The molecule has 0 fully saturated rings. The molecule has 2 aliphatic rings. The summed E-state index contributed by atoms with van der Waals surface area (Å²) < 4.78 is 0. The van der Waals surface area contributed by atoms with Gasteiger partial charge in [0.1, 0.15) is 0 Å². The standard InChI is InChI=1S/C11H17N/c1-12-11-8-4-6-9-5-2-3-7-10(9)11/h3,7,11-12H,2,4-6,8H2,1H3. The zero-order valence-electron chi connectivity index (χ0n) is 7.77. The van der Waals surface area contributed by atoms with E-state index in [9.17, 15) is 0 Å². The summed E-state index contributed by atoms with van der Waals surface area (Å²) in [5, 5.41) is 3.39. The van der Waals surface area contributed by atoms with Gasteiger partial charge in [-0.2, -0.15) is 0 Å². The molecule has 1 atom stereocenters. The van der Waals surface area contributed by atoms with Crippen molar-refractivity contribution in [3.05, 3.63) is 23.3 Å². The fraction of sp³-hybridized carbons (Fsp3) is 0.636. The molecule has 0 saturated carbocycles. The van der Waals surface area contributed by atoms with Crippen LogP contribution in [0.15, 0.2) is 23.3 Å². The number of nitrogens with one attached hydrogen (secondary N) is 1. The Morgan fingerprint density at radius 1 is 1.42 bits per heavy atom. The summed E-state index contributed by atoms with van der Waals surface area (Å²) in [6, 6.07) is 0.644. The molecule has 0 saturated heterocycles. The third-order valence-electron chi connectivity index (χ3n) is 3.01. The first kappa shape index (κ1) is 8.06. The van der Waals surface area contributed by atoms with Gasteiger partial charge in [-0.15, -0.1) is 0 Å². The normalized spacial score (nSPS) is 28.9. The fourth-order valence-corrected chi connectivity index (χ4v) is 2.34. The van der Waals surface area contributed by atoms with Gasteiger partial charge in [0.05, 0.1) is 0 Å². The van der Waals surface area contributed by atoms with Crippen molar-refractivity contribution in [3.63, 3.8) is 0 Å². The van der Waals surface area contributed by atoms with Crippen LogP contribution in [0.4, 0.5) is 0 Å². The first-order valence-electron chi connectivity index (χ1n) is 4.97. The van der Waals surface area contributed by atoms with Crippen LogP contribution in [0.1, 0.15) is 32.1 Å². The molecule has 1 unspecified atom stereocenters. The fourth-order valence-electron chi connectivity index (χ4n) is 2.34. The molecule has 0 aromatic carbocycles. The number of likely N-dealkylation sites (N-methyl/N-ethyl adjacent to an activating group) is 1. The van der Waals surface area contributed by atoms with Crippen LogP contribution in [0.25, 0.3) is 0 Å². The first-order valence-corrected chi connectivity index (χ1v) is 4.97. The quantitative estimate of drug-likeness (QED) is 0.626. The van der Waals surface area contributed by atoms with Crippen LogP contribution in [-0.2, 0) is 0 Å². The molecule has 0 bridgehead atoms. The highest BCUT2D eigenvalue weighted by Gasteiger charge is 2.20. The van der Waals surface area contributed by atoms with Crippen LogP contribution >= 0.6 is 0 Å². The van der Waals surface area contributed by atoms with Gasteiger partial charge in [-0.3, -0.25) is 0 Å². The SMILES string of the molecule is CNC1CCCC2=C1C=CCC2. The molecule has 0 spiro atoms. The van der Waals surface area contributed by atoms with Crippen LogP contribution in [0.2, 0.25) is 0 Å². The number of hydrogen-bond acceptors (Lipinski definition) is 1. The van der Waals surface area contributed by atoms with Crippen LogP contribution in [0.3, 0.4) is 0 Å². The minimum Gasteiger partial charge on any atom is -0.313 e. The Balaban J connectivity index is 2.24. The summed E-state index contributed by atoms with van der Waals surface area (Å²) in [6.07, 6.45) is 11.3. The van der Waals surface area contributed by atoms with E-state index in [2.05, 4.69) is 24.5 Å². The smallest absolute Gasteiger partial charge is 0.0317 e. The average Bonchev–Trinajstić information content (AvgIpc) is 2.17. The predicted octanol–water partition coefficient (Wildman–Crippen LogP) is 2.40. The van der Waals surface area contributed by atoms with E-state index in [0.717, 1.165) is 0 Å². The largest absolute Gasteiger partial charge is 0.313 e. The average molecular weight is 163 g/mol. The summed E-state index contributed by atoms with van der Waals surface area (Å²) in [5.41, 5.74) is 3.30. The molecule has 1 N–H and O–H groups in total. The van der Waals surface area contributed by atoms with Gasteiger partial charge in [0.2, 0.25) is 0 Å². The maximum absolute atomic E-state index is 3.39. The topological polar surface area (TPSA) is 12.0 Å². The summed E-state index contributed by atoms with van der Waals surface area (Å²) in [7, 11) is 2.07. The molecular formula is C11H17N. The lowest BCUT2D eigenvalue weighted by Crippen LogP contribution is -2.30. The van der Waals surface area contributed by atoms with E-state index in [1.165, 1.54) is 32.1 Å². The van der Waals surface area contributed by atoms with Crippen molar-refractivity contribution in [1.29, 1.82) is 0 Å². The van der Waals surface area contributed by atoms with Crippen molar-refractivity contribution >= 4 is 0 Å². The Morgan fingerprint density at radius 3 is 3.17 bits per heavy atom. The Bertz CT molecular complexity index is 225. The van der Waals surface area contributed by atoms with Crippen molar-refractivity contribution in [2.75, 3.05) is 7.05 Å². The first-order chi connectivity index (χ1) is 5.92. The van der Waals surface area contributed by atoms with E-state index in [1.54, 1.807) is 11.1 Å². The van der Waals surface area contributed by atoms with Crippen LogP contribution in [0.5, 0.6) is 0 Å². The minimum absolute atomic E-state index is 0.644. The Labute approximate surface area is 74.5 Å². The Kier molecular flexibility index (Phi) is 2.31. The van der Waals surface area contributed by atoms with Crippen molar-refractivity contribution in [2.45, 2.75) is 38.1 Å². The molecule has 66 valence electrons. The molecule has 1 nitrogen and oxygen atoms in total. The molecular weight excluding hydrogens is 146 g/mol. The van der Waals surface area contributed by atoms with E-state index in [4.69, 9.17) is 0 Å². The van der Waals surface area contributed by atoms with E-state index in [1.807, 2.05) is 0 Å². The lowest BCUT2D eigenvalue weighted by atomic mass is 9.83. The van der Waals surface area contributed by atoms with E-state index in [-0.39, 0.29) is 0 Å². The highest BCUT2D eigenvalue weighted by Crippen LogP contribution is 2.31. The van der Waals surface area contributed by atoms with Gasteiger partial charge in [0, 0.05) is 6.04 Å². The summed E-state index contributed by atoms with van der Waals surface area (Å²) in [5.74, 6) is 0. The van der Waals surface area contributed by atoms with Gasteiger partial charge < -0.3 is 5.32 Å². The van der Waals surface area contributed by atoms with E-state index in [0.29, 0.717) is 6.04 Å². The highest BCUT2D eigenvalue weighted by atomic mass is 14.9. The molecule has 0 amide bonds. The van der Waals surface area contributed by atoms with Crippen molar-refractivity contribution < 1.29 is 0 Å². The lowest BCUT2D eigenvalue weighted by Gasteiger charge is -2.28. The third kappa shape index (κ3) is 1.34. The molecule has 0 aliphatic heterocycles. The maximum atomic E-state index is 3.39. The molecule has 0 radical (unpaired) electrons. The molecule has 0 aromatic rings. The van der Waals surface area contributed by atoms with Crippen LogP contribution < -0.4 is 5.32 Å². The molecule has 1 heteroatoms.